The lowest BCUT2D eigenvalue weighted by Gasteiger charge is -2.35. The number of thiocarbonyl (C=S) groups is 1. The highest BCUT2D eigenvalue weighted by Crippen LogP contribution is 2.29. The molecule has 1 aromatic heterocycles. The molecule has 0 spiro atoms. The smallest absolute Gasteiger partial charge is 0.410 e. The minimum absolute atomic E-state index is 0.00195. The molecule has 44 heavy (non-hydrogen) atoms. The van der Waals surface area contributed by atoms with Crippen LogP contribution in [0, 0.1) is 5.82 Å². The molecule has 13 heteroatoms. The third-order valence-corrected chi connectivity index (χ3v) is 8.16. The van der Waals surface area contributed by atoms with Crippen LogP contribution in [0.15, 0.2) is 47.9 Å². The number of aromatic nitrogens is 1. The number of benzene rings is 1. The second-order valence-electron chi connectivity index (χ2n) is 10.7. The molecule has 3 N–H and O–H groups in total. The molecule has 1 fully saturated rings. The van der Waals surface area contributed by atoms with Crippen molar-refractivity contribution < 1.29 is 32.9 Å². The third kappa shape index (κ3) is 8.14. The van der Waals surface area contributed by atoms with Gasteiger partial charge in [0.1, 0.15) is 29.0 Å². The Bertz CT molecular complexity index is 1390. The maximum atomic E-state index is 14.2. The summed E-state index contributed by atoms with van der Waals surface area (Å²) in [6.45, 7) is 8.10. The molecule has 1 atom stereocenters. The number of para-hydroxylation sites is 1. The third-order valence-electron chi connectivity index (χ3n) is 7.85. The molecule has 11 nitrogen and oxygen atoms in total. The number of nitrogens with zero attached hydrogens (tertiary/aromatic N) is 2. The fourth-order valence-electron chi connectivity index (χ4n) is 4.79. The van der Waals surface area contributed by atoms with Gasteiger partial charge in [0.25, 0.3) is 5.91 Å². The number of pyridine rings is 1. The zero-order valence-corrected chi connectivity index (χ0v) is 26.4. The standard InChI is InChI=1S/C31H40FN5O6S/c1-5-31(3,6-2)43-30(39)37-14-15-41-21(18-37)19-42-25-17-33-12-10-20(25)16-35-23-11-13-34-28(38)26(23)29(44)36-24-9-7-8-22(32)27(24)40-4/h7-10,12,17,21,35H,5-6,11,13-16,18-19H2,1-4H3,(H,34,38)(H,36,44)/t21-/m0/s1. The molecule has 2 aliphatic heterocycles. The molecule has 2 amide bonds. The zero-order chi connectivity index (χ0) is 31.7. The largest absolute Gasteiger partial charge is 0.492 e. The monoisotopic (exact) mass is 629 g/mol. The highest BCUT2D eigenvalue weighted by atomic mass is 32.1. The summed E-state index contributed by atoms with van der Waals surface area (Å²) < 4.78 is 37.1. The molecule has 1 saturated heterocycles. The summed E-state index contributed by atoms with van der Waals surface area (Å²) in [6, 6.07) is 6.25. The van der Waals surface area contributed by atoms with Gasteiger partial charge in [-0.2, -0.15) is 0 Å². The van der Waals surface area contributed by atoms with Crippen molar-refractivity contribution in [1.29, 1.82) is 0 Å². The molecule has 4 rings (SSSR count). The molecule has 0 saturated carbocycles. The molecular formula is C31H40FN5O6S. The predicted molar refractivity (Wildman–Crippen MR) is 167 cm³/mol. The predicted octanol–water partition coefficient (Wildman–Crippen LogP) is 4.33. The molecule has 3 heterocycles. The lowest BCUT2D eigenvalue weighted by Crippen LogP contribution is -2.49. The number of ether oxygens (including phenoxy) is 4. The van der Waals surface area contributed by atoms with Crippen LogP contribution in [0.4, 0.5) is 14.9 Å². The second-order valence-corrected chi connectivity index (χ2v) is 11.2. The average Bonchev–Trinajstić information content (AvgIpc) is 3.03. The van der Waals surface area contributed by atoms with Crippen LogP contribution in [0.5, 0.6) is 11.5 Å². The number of morpholine rings is 1. The quantitative estimate of drug-likeness (QED) is 0.293. The van der Waals surface area contributed by atoms with Crippen molar-refractivity contribution in [1.82, 2.24) is 20.5 Å². The van der Waals surface area contributed by atoms with E-state index in [4.69, 9.17) is 31.2 Å². The van der Waals surface area contributed by atoms with Crippen molar-refractivity contribution in [3.63, 3.8) is 0 Å². The van der Waals surface area contributed by atoms with Crippen LogP contribution < -0.4 is 25.4 Å². The normalized spacial score (nSPS) is 17.1. The van der Waals surface area contributed by atoms with Crippen molar-refractivity contribution >= 4 is 34.9 Å². The Morgan fingerprint density at radius 1 is 1.30 bits per heavy atom. The van der Waals surface area contributed by atoms with E-state index >= 15 is 0 Å². The maximum absolute atomic E-state index is 14.2. The molecule has 238 valence electrons. The van der Waals surface area contributed by atoms with Crippen molar-refractivity contribution in [3.05, 3.63) is 59.3 Å². The van der Waals surface area contributed by atoms with Crippen LogP contribution in [0.1, 0.15) is 45.6 Å². The van der Waals surface area contributed by atoms with E-state index in [1.165, 1.54) is 19.2 Å². The van der Waals surface area contributed by atoms with Gasteiger partial charge in [0.05, 0.1) is 37.7 Å². The summed E-state index contributed by atoms with van der Waals surface area (Å²) in [7, 11) is 1.36. The number of rotatable bonds is 12. The van der Waals surface area contributed by atoms with Gasteiger partial charge in [-0.3, -0.25) is 9.78 Å². The van der Waals surface area contributed by atoms with Crippen molar-refractivity contribution in [2.45, 2.75) is 58.3 Å². The van der Waals surface area contributed by atoms with E-state index in [0.717, 1.165) is 18.4 Å². The van der Waals surface area contributed by atoms with Gasteiger partial charge in [-0.1, -0.05) is 32.1 Å². The Balaban J connectivity index is 1.40. The van der Waals surface area contributed by atoms with E-state index in [1.54, 1.807) is 23.4 Å². The van der Waals surface area contributed by atoms with Crippen LogP contribution >= 0.6 is 12.2 Å². The van der Waals surface area contributed by atoms with Gasteiger partial charge in [0.2, 0.25) is 0 Å². The fraction of sp³-hybridized carbons (Fsp3) is 0.484. The number of amides is 2. The lowest BCUT2D eigenvalue weighted by molar-refractivity contribution is -0.117. The maximum Gasteiger partial charge on any atom is 0.410 e. The first-order valence-electron chi connectivity index (χ1n) is 14.7. The molecule has 0 aliphatic carbocycles. The molecular weight excluding hydrogens is 589 g/mol. The van der Waals surface area contributed by atoms with Crippen LogP contribution in [0.2, 0.25) is 0 Å². The van der Waals surface area contributed by atoms with Crippen LogP contribution in [0.3, 0.4) is 0 Å². The summed E-state index contributed by atoms with van der Waals surface area (Å²) in [6.07, 6.45) is 4.56. The van der Waals surface area contributed by atoms with Crippen molar-refractivity contribution in [2.24, 2.45) is 0 Å². The first-order valence-corrected chi connectivity index (χ1v) is 15.1. The van der Waals surface area contributed by atoms with E-state index in [2.05, 4.69) is 20.9 Å². The SMILES string of the molecule is CCC(C)(CC)OC(=O)N1CCO[C@H](COc2cnccc2CNC2=C(C(=S)Nc3cccc(F)c3OC)C(=O)NCC2)C1. The molecule has 2 aliphatic rings. The first kappa shape index (κ1) is 32.9. The Kier molecular flexibility index (Phi) is 11.3. The van der Waals surface area contributed by atoms with E-state index < -0.39 is 11.4 Å². The summed E-state index contributed by atoms with van der Waals surface area (Å²) in [5.74, 6) is -0.343. The summed E-state index contributed by atoms with van der Waals surface area (Å²) >= 11 is 5.57. The van der Waals surface area contributed by atoms with Gasteiger partial charge in [-0.15, -0.1) is 0 Å². The first-order chi connectivity index (χ1) is 21.2. The molecule has 2 aromatic rings. The number of carbonyl (C=O) groups excluding carboxylic acids is 2. The van der Waals surface area contributed by atoms with Gasteiger partial charge in [0, 0.05) is 43.5 Å². The van der Waals surface area contributed by atoms with Gasteiger partial charge < -0.3 is 39.8 Å². The van der Waals surface area contributed by atoms with E-state index in [0.29, 0.717) is 56.3 Å². The number of methoxy groups -OCH3 is 1. The van der Waals surface area contributed by atoms with Gasteiger partial charge >= 0.3 is 6.09 Å². The van der Waals surface area contributed by atoms with Crippen LogP contribution in [-0.4, -0.2) is 78.5 Å². The number of nitrogens with one attached hydrogen (secondary N) is 3. The Morgan fingerprint density at radius 3 is 2.84 bits per heavy atom. The highest BCUT2D eigenvalue weighted by molar-refractivity contribution is 7.81. The van der Waals surface area contributed by atoms with E-state index in [1.807, 2.05) is 26.8 Å². The summed E-state index contributed by atoms with van der Waals surface area (Å²) in [5, 5.41) is 9.10. The molecule has 1 aromatic carbocycles. The second kappa shape index (κ2) is 15.2. The Morgan fingerprint density at radius 2 is 2.09 bits per heavy atom. The number of carbonyl (C=O) groups is 2. The number of halogens is 1. The number of anilines is 1. The van der Waals surface area contributed by atoms with Crippen molar-refractivity contribution in [2.75, 3.05) is 45.3 Å². The zero-order valence-electron chi connectivity index (χ0n) is 25.5. The van der Waals surface area contributed by atoms with Gasteiger partial charge in [-0.05, 0) is 38.0 Å². The molecule has 0 unspecified atom stereocenters. The lowest BCUT2D eigenvalue weighted by atomic mass is 10.0. The topological polar surface area (TPSA) is 123 Å². The summed E-state index contributed by atoms with van der Waals surface area (Å²) in [5.41, 5.74) is 1.52. The molecule has 0 bridgehead atoms. The summed E-state index contributed by atoms with van der Waals surface area (Å²) in [4.78, 5) is 31.7. The minimum Gasteiger partial charge on any atom is -0.492 e. The number of hydrogen-bond donors (Lipinski definition) is 3. The van der Waals surface area contributed by atoms with Gasteiger partial charge in [0.15, 0.2) is 11.6 Å². The fourth-order valence-corrected chi connectivity index (χ4v) is 5.12. The van der Waals surface area contributed by atoms with E-state index in [9.17, 15) is 14.0 Å². The minimum atomic E-state index is -0.548. The average molecular weight is 630 g/mol. The van der Waals surface area contributed by atoms with E-state index in [-0.39, 0.29) is 41.0 Å². The van der Waals surface area contributed by atoms with Crippen molar-refractivity contribution in [3.8, 4) is 11.5 Å². The Hall–Kier alpha value is -3.97. The highest BCUT2D eigenvalue weighted by Gasteiger charge is 2.31. The van der Waals surface area contributed by atoms with Crippen LogP contribution in [0.25, 0.3) is 0 Å². The van der Waals surface area contributed by atoms with Crippen LogP contribution in [-0.2, 0) is 20.8 Å². The Labute approximate surface area is 262 Å². The van der Waals surface area contributed by atoms with Gasteiger partial charge in [-0.25, -0.2) is 9.18 Å². The molecule has 0 radical (unpaired) electrons. The number of hydrogen-bond acceptors (Lipinski definition) is 9.